The average molecular weight is 571 g/mol. The van der Waals surface area contributed by atoms with Crippen molar-refractivity contribution >= 4 is 50.7 Å². The lowest BCUT2D eigenvalue weighted by Gasteiger charge is -2.31. The number of benzene rings is 2. The monoisotopic (exact) mass is 569 g/mol. The van der Waals surface area contributed by atoms with E-state index in [4.69, 9.17) is 23.2 Å². The first-order valence-corrected chi connectivity index (χ1v) is 15.0. The van der Waals surface area contributed by atoms with Crippen LogP contribution in [0.1, 0.15) is 51.2 Å². The first-order chi connectivity index (χ1) is 17.3. The molecule has 0 radical (unpaired) electrons. The molecule has 0 heterocycles. The highest BCUT2D eigenvalue weighted by molar-refractivity contribution is 7.92. The summed E-state index contributed by atoms with van der Waals surface area (Å²) < 4.78 is 26.2. The molecule has 204 valence electrons. The minimum Gasteiger partial charge on any atom is -0.354 e. The van der Waals surface area contributed by atoms with Gasteiger partial charge in [0.15, 0.2) is 0 Å². The summed E-state index contributed by atoms with van der Waals surface area (Å²) in [7, 11) is -3.68. The maximum atomic E-state index is 13.5. The van der Waals surface area contributed by atoms with Crippen LogP contribution in [0, 0.1) is 12.8 Å². The Kier molecular flexibility index (Phi) is 11.7. The summed E-state index contributed by atoms with van der Waals surface area (Å²) in [6, 6.07) is 11.8. The standard InChI is InChI=1S/C27H37Cl2N3O4S/c1-6-24(27(34)30-17-19(2)3)31(18-21-11-9-20(4)10-12-21)26(33)8-7-15-32(37(5,35)36)25-16-22(28)13-14-23(25)29/h9-14,16,19,24H,6-8,15,17-18H2,1-5H3,(H,30,34)/t24-/m1/s1. The van der Waals surface area contributed by atoms with Crippen molar-refractivity contribution < 1.29 is 18.0 Å². The molecule has 0 saturated heterocycles. The van der Waals surface area contributed by atoms with Crippen molar-refractivity contribution in [2.75, 3.05) is 23.7 Å². The molecule has 1 atom stereocenters. The van der Waals surface area contributed by atoms with E-state index >= 15 is 0 Å². The number of carbonyl (C=O) groups is 2. The van der Waals surface area contributed by atoms with E-state index in [0.717, 1.165) is 21.7 Å². The van der Waals surface area contributed by atoms with Crippen molar-refractivity contribution in [2.45, 2.75) is 59.5 Å². The second kappa shape index (κ2) is 14.0. The van der Waals surface area contributed by atoms with Gasteiger partial charge in [-0.25, -0.2) is 8.42 Å². The van der Waals surface area contributed by atoms with Gasteiger partial charge in [0, 0.05) is 31.1 Å². The molecule has 0 aromatic heterocycles. The molecule has 2 aromatic carbocycles. The van der Waals surface area contributed by atoms with Crippen molar-refractivity contribution in [3.8, 4) is 0 Å². The molecule has 0 aliphatic rings. The number of nitrogens with one attached hydrogen (secondary N) is 1. The molecule has 2 rings (SSSR count). The highest BCUT2D eigenvalue weighted by Crippen LogP contribution is 2.31. The van der Waals surface area contributed by atoms with Gasteiger partial charge in [0.05, 0.1) is 17.0 Å². The normalized spacial score (nSPS) is 12.3. The third-order valence-corrected chi connectivity index (χ3v) is 7.61. The van der Waals surface area contributed by atoms with E-state index in [1.165, 1.54) is 12.1 Å². The number of aryl methyl sites for hydroxylation is 1. The van der Waals surface area contributed by atoms with Gasteiger partial charge in [0.2, 0.25) is 21.8 Å². The van der Waals surface area contributed by atoms with E-state index in [1.54, 1.807) is 11.0 Å². The molecule has 0 spiro atoms. The Hall–Kier alpha value is -2.29. The zero-order valence-corrected chi connectivity index (χ0v) is 24.5. The molecule has 0 unspecified atom stereocenters. The maximum absolute atomic E-state index is 13.5. The van der Waals surface area contributed by atoms with Crippen LogP contribution in [-0.2, 0) is 26.2 Å². The summed E-state index contributed by atoms with van der Waals surface area (Å²) in [5.41, 5.74) is 2.28. The Bertz CT molecular complexity index is 1170. The van der Waals surface area contributed by atoms with Crippen LogP contribution in [0.4, 0.5) is 5.69 Å². The van der Waals surface area contributed by atoms with Gasteiger partial charge in [0.1, 0.15) is 6.04 Å². The predicted octanol–water partition coefficient (Wildman–Crippen LogP) is 5.43. The Balaban J connectivity index is 2.23. The number of hydrogen-bond acceptors (Lipinski definition) is 4. The van der Waals surface area contributed by atoms with E-state index < -0.39 is 16.1 Å². The molecule has 0 fully saturated rings. The molecule has 0 aliphatic heterocycles. The number of halogens is 2. The molecular formula is C27H37Cl2N3O4S. The van der Waals surface area contributed by atoms with E-state index in [2.05, 4.69) is 5.32 Å². The number of rotatable bonds is 13. The highest BCUT2D eigenvalue weighted by atomic mass is 35.5. The second-order valence-corrected chi connectivity index (χ2v) is 12.4. The minimum absolute atomic E-state index is 0.0410. The van der Waals surface area contributed by atoms with Crippen LogP contribution in [-0.4, -0.2) is 50.5 Å². The van der Waals surface area contributed by atoms with Gasteiger partial charge in [-0.05, 0) is 49.4 Å². The molecule has 0 saturated carbocycles. The summed E-state index contributed by atoms with van der Waals surface area (Å²) in [4.78, 5) is 28.1. The van der Waals surface area contributed by atoms with E-state index in [9.17, 15) is 18.0 Å². The molecule has 0 aliphatic carbocycles. The Morgan fingerprint density at radius 1 is 1.05 bits per heavy atom. The fraction of sp³-hybridized carbons (Fsp3) is 0.481. The van der Waals surface area contributed by atoms with Gasteiger partial charge in [-0.15, -0.1) is 0 Å². The molecular weight excluding hydrogens is 533 g/mol. The van der Waals surface area contributed by atoms with Crippen LogP contribution in [0.2, 0.25) is 10.0 Å². The summed E-state index contributed by atoms with van der Waals surface area (Å²) in [6.45, 7) is 8.72. The number of amides is 2. The molecule has 10 heteroatoms. The molecule has 0 bridgehead atoms. The molecule has 7 nitrogen and oxygen atoms in total. The Morgan fingerprint density at radius 3 is 2.27 bits per heavy atom. The number of hydrogen-bond donors (Lipinski definition) is 1. The van der Waals surface area contributed by atoms with Crippen LogP contribution < -0.4 is 9.62 Å². The number of anilines is 1. The maximum Gasteiger partial charge on any atom is 0.242 e. The van der Waals surface area contributed by atoms with Crippen molar-refractivity contribution in [3.63, 3.8) is 0 Å². The number of sulfonamides is 1. The second-order valence-electron chi connectivity index (χ2n) is 9.60. The third kappa shape index (κ3) is 9.51. The lowest BCUT2D eigenvalue weighted by atomic mass is 10.1. The first kappa shape index (κ1) is 30.9. The van der Waals surface area contributed by atoms with Crippen LogP contribution in [0.25, 0.3) is 0 Å². The minimum atomic E-state index is -3.68. The van der Waals surface area contributed by atoms with Crippen molar-refractivity contribution in [1.29, 1.82) is 0 Å². The van der Waals surface area contributed by atoms with Crippen LogP contribution in [0.3, 0.4) is 0 Å². The smallest absolute Gasteiger partial charge is 0.242 e. The molecule has 1 N–H and O–H groups in total. The molecule has 2 aromatic rings. The topological polar surface area (TPSA) is 86.8 Å². The number of carbonyl (C=O) groups excluding carboxylic acids is 2. The van der Waals surface area contributed by atoms with E-state index in [-0.39, 0.29) is 54.4 Å². The quantitative estimate of drug-likeness (QED) is 0.348. The van der Waals surface area contributed by atoms with E-state index in [0.29, 0.717) is 18.0 Å². The van der Waals surface area contributed by atoms with Gasteiger partial charge in [-0.2, -0.15) is 0 Å². The molecule has 2 amide bonds. The van der Waals surface area contributed by atoms with Gasteiger partial charge in [0.25, 0.3) is 0 Å². The zero-order valence-electron chi connectivity index (χ0n) is 22.1. The van der Waals surface area contributed by atoms with Gasteiger partial charge < -0.3 is 10.2 Å². The van der Waals surface area contributed by atoms with Gasteiger partial charge in [-0.3, -0.25) is 13.9 Å². The van der Waals surface area contributed by atoms with Crippen LogP contribution in [0.15, 0.2) is 42.5 Å². The van der Waals surface area contributed by atoms with Crippen molar-refractivity contribution in [3.05, 3.63) is 63.6 Å². The summed E-state index contributed by atoms with van der Waals surface area (Å²) >= 11 is 12.3. The summed E-state index contributed by atoms with van der Waals surface area (Å²) in [5.74, 6) is -0.138. The molecule has 37 heavy (non-hydrogen) atoms. The van der Waals surface area contributed by atoms with Crippen LogP contribution >= 0.6 is 23.2 Å². The fourth-order valence-corrected chi connectivity index (χ4v) is 5.30. The van der Waals surface area contributed by atoms with Gasteiger partial charge >= 0.3 is 0 Å². The van der Waals surface area contributed by atoms with Gasteiger partial charge in [-0.1, -0.05) is 73.8 Å². The number of nitrogens with zero attached hydrogens (tertiary/aromatic N) is 2. The Morgan fingerprint density at radius 2 is 1.70 bits per heavy atom. The van der Waals surface area contributed by atoms with Crippen LogP contribution in [0.5, 0.6) is 0 Å². The highest BCUT2D eigenvalue weighted by Gasteiger charge is 2.29. The SMILES string of the molecule is CC[C@H](C(=O)NCC(C)C)N(Cc1ccc(C)cc1)C(=O)CCCN(c1cc(Cl)ccc1Cl)S(C)(=O)=O. The fourth-order valence-electron chi connectivity index (χ4n) is 3.89. The summed E-state index contributed by atoms with van der Waals surface area (Å²) in [5, 5.41) is 3.54. The van der Waals surface area contributed by atoms with Crippen molar-refractivity contribution in [1.82, 2.24) is 10.2 Å². The lowest BCUT2D eigenvalue weighted by molar-refractivity contribution is -0.141. The largest absolute Gasteiger partial charge is 0.354 e. The first-order valence-electron chi connectivity index (χ1n) is 12.4. The van der Waals surface area contributed by atoms with E-state index in [1.807, 2.05) is 52.0 Å². The van der Waals surface area contributed by atoms with Crippen molar-refractivity contribution in [2.24, 2.45) is 5.92 Å². The zero-order chi connectivity index (χ0) is 27.8. The summed E-state index contributed by atoms with van der Waals surface area (Å²) in [6.07, 6.45) is 1.84. The third-order valence-electron chi connectivity index (χ3n) is 5.87. The average Bonchev–Trinajstić information content (AvgIpc) is 2.82. The predicted molar refractivity (Wildman–Crippen MR) is 152 cm³/mol. The lowest BCUT2D eigenvalue weighted by Crippen LogP contribution is -2.49. The Labute approximate surface area is 231 Å².